The van der Waals surface area contributed by atoms with Crippen molar-refractivity contribution in [1.29, 1.82) is 0 Å². The zero-order chi connectivity index (χ0) is 16.7. The van der Waals surface area contributed by atoms with Gasteiger partial charge in [-0.1, -0.05) is 37.7 Å². The average molecular weight is 348 g/mol. The lowest BCUT2D eigenvalue weighted by molar-refractivity contribution is 0.871. The van der Waals surface area contributed by atoms with Crippen molar-refractivity contribution >= 4 is 50.6 Å². The number of aromatic amines is 1. The third-order valence-electron chi connectivity index (χ3n) is 4.03. The lowest BCUT2D eigenvalue weighted by atomic mass is 9.99. The molecular formula is C16H18ClN5S. The van der Waals surface area contributed by atoms with Gasteiger partial charge in [-0.05, 0) is 24.5 Å². The van der Waals surface area contributed by atoms with Crippen LogP contribution in [0.4, 0.5) is 0 Å². The van der Waals surface area contributed by atoms with Crippen LogP contribution in [0.15, 0.2) is 28.4 Å². The Balaban J connectivity index is 2.01. The van der Waals surface area contributed by atoms with Crippen molar-refractivity contribution in [2.24, 2.45) is 15.7 Å². The molecule has 2 atom stereocenters. The molecule has 120 valence electrons. The van der Waals surface area contributed by atoms with Gasteiger partial charge in [0.15, 0.2) is 0 Å². The fourth-order valence-corrected chi connectivity index (χ4v) is 2.92. The van der Waals surface area contributed by atoms with Crippen LogP contribution < -0.4 is 5.73 Å². The van der Waals surface area contributed by atoms with Gasteiger partial charge < -0.3 is 10.7 Å². The third-order valence-corrected chi connectivity index (χ3v) is 4.86. The number of nitrogens with one attached hydrogen (secondary N) is 1. The van der Waals surface area contributed by atoms with E-state index in [-0.39, 0.29) is 11.1 Å². The molecule has 23 heavy (non-hydrogen) atoms. The van der Waals surface area contributed by atoms with Crippen molar-refractivity contribution in [2.75, 3.05) is 0 Å². The number of hydrogen-bond donors (Lipinski definition) is 2. The molecule has 5 nitrogen and oxygen atoms in total. The molecule has 2 unspecified atom stereocenters. The number of rotatable bonds is 3. The Morgan fingerprint density at radius 3 is 2.74 bits per heavy atom. The first-order valence-corrected chi connectivity index (χ1v) is 8.25. The van der Waals surface area contributed by atoms with Crippen molar-refractivity contribution in [2.45, 2.75) is 38.8 Å². The lowest BCUT2D eigenvalue weighted by Gasteiger charge is -2.19. The van der Waals surface area contributed by atoms with Gasteiger partial charge >= 0.3 is 0 Å². The van der Waals surface area contributed by atoms with Crippen molar-refractivity contribution in [3.05, 3.63) is 29.7 Å². The number of amidine groups is 1. The van der Waals surface area contributed by atoms with Gasteiger partial charge in [0.1, 0.15) is 17.2 Å². The van der Waals surface area contributed by atoms with E-state index in [1.807, 2.05) is 19.3 Å². The second kappa shape index (κ2) is 6.11. The van der Waals surface area contributed by atoms with Gasteiger partial charge in [0.2, 0.25) is 0 Å². The number of H-pyrrole nitrogens is 1. The van der Waals surface area contributed by atoms with Crippen LogP contribution in [0.1, 0.15) is 43.9 Å². The van der Waals surface area contributed by atoms with E-state index in [9.17, 15) is 0 Å². The Hall–Kier alpha value is -1.63. The quantitative estimate of drug-likeness (QED) is 0.834. The van der Waals surface area contributed by atoms with Gasteiger partial charge in [-0.2, -0.15) is 0 Å². The van der Waals surface area contributed by atoms with Gasteiger partial charge in [-0.3, -0.25) is 4.98 Å². The maximum Gasteiger partial charge on any atom is 0.148 e. The van der Waals surface area contributed by atoms with Crippen LogP contribution in [0.2, 0.25) is 0 Å². The van der Waals surface area contributed by atoms with Gasteiger partial charge in [0.25, 0.3) is 0 Å². The first kappa shape index (κ1) is 16.2. The number of halogens is 1. The molecule has 1 aliphatic heterocycles. The minimum absolute atomic E-state index is 0.114. The average Bonchev–Trinajstić information content (AvgIpc) is 2.94. The van der Waals surface area contributed by atoms with Crippen LogP contribution in [0, 0.1) is 0 Å². The van der Waals surface area contributed by atoms with E-state index in [2.05, 4.69) is 39.9 Å². The van der Waals surface area contributed by atoms with E-state index < -0.39 is 6.17 Å². The summed E-state index contributed by atoms with van der Waals surface area (Å²) < 4.78 is 0. The highest BCUT2D eigenvalue weighted by Gasteiger charge is 2.24. The Morgan fingerprint density at radius 1 is 1.35 bits per heavy atom. The molecule has 0 fully saturated rings. The van der Waals surface area contributed by atoms with Crippen molar-refractivity contribution in [1.82, 2.24) is 9.97 Å². The van der Waals surface area contributed by atoms with Gasteiger partial charge in [-0.15, -0.1) is 0 Å². The molecule has 2 aromatic rings. The molecule has 3 heterocycles. The molecule has 3 N–H and O–H groups in total. The Morgan fingerprint density at radius 2 is 2.09 bits per heavy atom. The number of nitrogens with two attached hydrogens (primary N) is 1. The highest BCUT2D eigenvalue weighted by molar-refractivity contribution is 7.82. The Kier molecular flexibility index (Phi) is 4.31. The number of pyridine rings is 1. The van der Waals surface area contributed by atoms with Crippen LogP contribution >= 0.6 is 23.8 Å². The maximum atomic E-state index is 6.06. The first-order chi connectivity index (χ1) is 10.9. The summed E-state index contributed by atoms with van der Waals surface area (Å²) in [6, 6.07) is 2.08. The second-order valence-electron chi connectivity index (χ2n) is 5.97. The molecule has 0 spiro atoms. The van der Waals surface area contributed by atoms with Crippen molar-refractivity contribution in [3.8, 4) is 0 Å². The molecule has 0 aliphatic carbocycles. The van der Waals surface area contributed by atoms with E-state index in [1.165, 1.54) is 10.9 Å². The molecule has 7 heteroatoms. The number of hydrogen-bond acceptors (Lipinski definition) is 5. The fraction of sp³-hybridized carbons (Fsp3) is 0.375. The molecule has 0 saturated heterocycles. The zero-order valence-corrected chi connectivity index (χ0v) is 14.7. The molecule has 0 amide bonds. The van der Waals surface area contributed by atoms with E-state index in [0.717, 1.165) is 11.2 Å². The minimum Gasteiger partial charge on any atom is -0.360 e. The summed E-state index contributed by atoms with van der Waals surface area (Å²) in [6.07, 6.45) is 3.26. The van der Waals surface area contributed by atoms with Gasteiger partial charge in [0.05, 0.1) is 28.2 Å². The Labute approximate surface area is 145 Å². The van der Waals surface area contributed by atoms with Crippen LogP contribution in [0.3, 0.4) is 0 Å². The van der Waals surface area contributed by atoms with Gasteiger partial charge in [-0.25, -0.2) is 9.98 Å². The molecule has 0 aromatic carbocycles. The smallest absolute Gasteiger partial charge is 0.148 e. The number of thiocarbonyl (C=S) groups is 1. The van der Waals surface area contributed by atoms with Crippen LogP contribution in [-0.2, 0) is 0 Å². The zero-order valence-electron chi connectivity index (χ0n) is 13.2. The molecule has 0 saturated carbocycles. The lowest BCUT2D eigenvalue weighted by Crippen LogP contribution is -2.36. The molecule has 0 bridgehead atoms. The van der Waals surface area contributed by atoms with Crippen LogP contribution in [0.5, 0.6) is 0 Å². The van der Waals surface area contributed by atoms with E-state index in [1.54, 1.807) is 0 Å². The molecule has 2 aromatic heterocycles. The number of nitrogens with zero attached hydrogens (tertiary/aromatic N) is 3. The summed E-state index contributed by atoms with van der Waals surface area (Å²) in [5, 5.41) is 1.41. The fourth-order valence-electron chi connectivity index (χ4n) is 2.62. The van der Waals surface area contributed by atoms with E-state index in [0.29, 0.717) is 16.6 Å². The summed E-state index contributed by atoms with van der Waals surface area (Å²) >= 11 is 11.1. The Bertz CT molecular complexity index is 836. The predicted octanol–water partition coefficient (Wildman–Crippen LogP) is 3.49. The monoisotopic (exact) mass is 347 g/mol. The highest BCUT2D eigenvalue weighted by Crippen LogP contribution is 2.28. The largest absolute Gasteiger partial charge is 0.360 e. The summed E-state index contributed by atoms with van der Waals surface area (Å²) in [7, 11) is 0. The topological polar surface area (TPSA) is 79.4 Å². The van der Waals surface area contributed by atoms with Crippen molar-refractivity contribution < 1.29 is 0 Å². The standard InChI is InChI=1S/C16H18ClN5S/c1-7(2)10-5-19-12-6-20-11(4-9(10)12)8(3)16-21-14(17)13(23)15(18)22-16/h4-8,15,19H,18H2,1-3H3. The van der Waals surface area contributed by atoms with E-state index in [4.69, 9.17) is 29.6 Å². The molecular weight excluding hydrogens is 330 g/mol. The summed E-state index contributed by atoms with van der Waals surface area (Å²) in [5.74, 6) is 0.876. The van der Waals surface area contributed by atoms with E-state index >= 15 is 0 Å². The number of aliphatic imine (C=N–C) groups is 2. The van der Waals surface area contributed by atoms with Gasteiger partial charge in [0, 0.05) is 11.6 Å². The number of fused-ring (bicyclic) bond motifs is 1. The maximum absolute atomic E-state index is 6.06. The summed E-state index contributed by atoms with van der Waals surface area (Å²) in [5.41, 5.74) is 9.06. The van der Waals surface area contributed by atoms with Crippen LogP contribution in [-0.4, -0.2) is 32.0 Å². The van der Waals surface area contributed by atoms with Crippen molar-refractivity contribution in [3.63, 3.8) is 0 Å². The first-order valence-electron chi connectivity index (χ1n) is 7.47. The molecule has 1 aliphatic rings. The number of aromatic nitrogens is 2. The summed E-state index contributed by atoms with van der Waals surface area (Å²) in [4.78, 5) is 16.8. The highest BCUT2D eigenvalue weighted by atomic mass is 35.5. The second-order valence-corrected chi connectivity index (χ2v) is 6.77. The van der Waals surface area contributed by atoms with Crippen LogP contribution in [0.25, 0.3) is 10.9 Å². The molecule has 3 rings (SSSR count). The molecule has 0 radical (unpaired) electrons. The normalized spacial score (nSPS) is 19.9. The summed E-state index contributed by atoms with van der Waals surface area (Å²) in [6.45, 7) is 6.33. The minimum atomic E-state index is -0.616. The predicted molar refractivity (Wildman–Crippen MR) is 99.9 cm³/mol. The third kappa shape index (κ3) is 2.94. The SMILES string of the molecule is CC(C)c1c[nH]c2cnc(C(C)C3=NC(N)C(=S)C(Cl)=N3)cc12.